The number of hydrogen-bond acceptors (Lipinski definition) is 4. The number of halogens is 3. The van der Waals surface area contributed by atoms with Crippen molar-refractivity contribution in [2.45, 2.75) is 25.6 Å². The molecule has 1 aromatic carbocycles. The van der Waals surface area contributed by atoms with E-state index in [9.17, 15) is 18.0 Å². The summed E-state index contributed by atoms with van der Waals surface area (Å²) in [4.78, 5) is 11.3. The Hall–Kier alpha value is -1.76. The van der Waals surface area contributed by atoms with E-state index in [1.54, 1.807) is 6.92 Å². The zero-order chi connectivity index (χ0) is 15.3. The second kappa shape index (κ2) is 6.60. The van der Waals surface area contributed by atoms with E-state index in [-0.39, 0.29) is 24.3 Å². The first-order valence-corrected chi connectivity index (χ1v) is 5.95. The number of hydrogen-bond donors (Lipinski definition) is 1. The Bertz CT molecular complexity index is 474. The minimum atomic E-state index is -4.51. The molecule has 0 amide bonds. The van der Waals surface area contributed by atoms with Gasteiger partial charge in [-0.3, -0.25) is 4.79 Å². The van der Waals surface area contributed by atoms with Crippen LogP contribution in [0.15, 0.2) is 18.2 Å². The summed E-state index contributed by atoms with van der Waals surface area (Å²) in [5.74, 6) is -0.523. The predicted octanol–water partition coefficient (Wildman–Crippen LogP) is 2.67. The summed E-state index contributed by atoms with van der Waals surface area (Å²) in [5.41, 5.74) is 5.04. The summed E-state index contributed by atoms with van der Waals surface area (Å²) in [6.07, 6.45) is -4.70. The molecule has 1 atom stereocenters. The van der Waals surface area contributed by atoms with Crippen molar-refractivity contribution in [2.75, 3.05) is 13.7 Å². The molecular formula is C13H16F3NO3. The van der Waals surface area contributed by atoms with E-state index in [2.05, 4.69) is 0 Å². The number of benzene rings is 1. The number of carbonyl (C=O) groups excluding carboxylic acids is 1. The van der Waals surface area contributed by atoms with E-state index >= 15 is 0 Å². The molecule has 2 N–H and O–H groups in total. The van der Waals surface area contributed by atoms with Crippen molar-refractivity contribution in [2.24, 2.45) is 5.73 Å². The molecule has 1 rings (SSSR count). The average molecular weight is 291 g/mol. The highest BCUT2D eigenvalue weighted by Gasteiger charge is 2.32. The maximum Gasteiger partial charge on any atom is 0.416 e. The van der Waals surface area contributed by atoms with E-state index < -0.39 is 23.8 Å². The van der Waals surface area contributed by atoms with E-state index in [1.165, 1.54) is 13.2 Å². The van der Waals surface area contributed by atoms with Gasteiger partial charge < -0.3 is 15.2 Å². The molecule has 0 aliphatic carbocycles. The molecule has 4 nitrogen and oxygen atoms in total. The molecule has 0 saturated heterocycles. The van der Waals surface area contributed by atoms with Crippen LogP contribution in [0.1, 0.15) is 30.5 Å². The zero-order valence-electron chi connectivity index (χ0n) is 11.2. The van der Waals surface area contributed by atoms with Crippen LogP contribution in [0.3, 0.4) is 0 Å². The van der Waals surface area contributed by atoms with Crippen LogP contribution in [0.2, 0.25) is 0 Å². The molecule has 20 heavy (non-hydrogen) atoms. The lowest BCUT2D eigenvalue weighted by Gasteiger charge is -2.15. The highest BCUT2D eigenvalue weighted by Crippen LogP contribution is 2.34. The van der Waals surface area contributed by atoms with Crippen molar-refractivity contribution >= 4 is 5.97 Å². The SMILES string of the molecule is CCOC(=O)C[C@@H](N)c1cc(OC)cc(C(F)(F)F)c1. The van der Waals surface area contributed by atoms with Crippen LogP contribution in [0, 0.1) is 0 Å². The zero-order valence-corrected chi connectivity index (χ0v) is 11.2. The van der Waals surface area contributed by atoms with Crippen LogP contribution in [0.4, 0.5) is 13.2 Å². The van der Waals surface area contributed by atoms with Crippen molar-refractivity contribution in [3.05, 3.63) is 29.3 Å². The maximum atomic E-state index is 12.7. The highest BCUT2D eigenvalue weighted by atomic mass is 19.4. The van der Waals surface area contributed by atoms with Gasteiger partial charge in [-0.15, -0.1) is 0 Å². The van der Waals surface area contributed by atoms with E-state index in [1.807, 2.05) is 0 Å². The normalized spacial score (nSPS) is 12.9. The second-order valence-electron chi connectivity index (χ2n) is 4.11. The Kier molecular flexibility index (Phi) is 5.38. The molecule has 0 unspecified atom stereocenters. The van der Waals surface area contributed by atoms with Gasteiger partial charge in [0.15, 0.2) is 0 Å². The van der Waals surface area contributed by atoms with Crippen LogP contribution in [0.25, 0.3) is 0 Å². The smallest absolute Gasteiger partial charge is 0.416 e. The van der Waals surface area contributed by atoms with Crippen LogP contribution < -0.4 is 10.5 Å². The van der Waals surface area contributed by atoms with Crippen LogP contribution in [-0.4, -0.2) is 19.7 Å². The van der Waals surface area contributed by atoms with Gasteiger partial charge in [0.25, 0.3) is 0 Å². The molecule has 0 fully saturated rings. The van der Waals surface area contributed by atoms with Crippen molar-refractivity contribution in [1.82, 2.24) is 0 Å². The minimum Gasteiger partial charge on any atom is -0.497 e. The predicted molar refractivity (Wildman–Crippen MR) is 66.2 cm³/mol. The van der Waals surface area contributed by atoms with Gasteiger partial charge in [-0.05, 0) is 30.7 Å². The summed E-state index contributed by atoms with van der Waals surface area (Å²) >= 11 is 0. The lowest BCUT2D eigenvalue weighted by Crippen LogP contribution is -2.18. The standard InChI is InChI=1S/C13H16F3NO3/c1-3-20-12(18)7-11(17)8-4-9(13(14,15)16)6-10(5-8)19-2/h4-6,11H,3,7,17H2,1-2H3/t11-/m1/s1. The number of methoxy groups -OCH3 is 1. The fraction of sp³-hybridized carbons (Fsp3) is 0.462. The monoisotopic (exact) mass is 291 g/mol. The number of nitrogens with two attached hydrogens (primary N) is 1. The largest absolute Gasteiger partial charge is 0.497 e. The molecule has 7 heteroatoms. The van der Waals surface area contributed by atoms with Gasteiger partial charge >= 0.3 is 12.1 Å². The quantitative estimate of drug-likeness (QED) is 0.847. The van der Waals surface area contributed by atoms with Gasteiger partial charge in [-0.2, -0.15) is 13.2 Å². The number of alkyl halides is 3. The summed E-state index contributed by atoms with van der Waals surface area (Å²) in [5, 5.41) is 0. The topological polar surface area (TPSA) is 61.5 Å². The summed E-state index contributed by atoms with van der Waals surface area (Å²) in [6, 6.07) is 2.27. The first-order valence-electron chi connectivity index (χ1n) is 5.95. The fourth-order valence-electron chi connectivity index (χ4n) is 1.64. The molecule has 0 aromatic heterocycles. The molecule has 0 saturated carbocycles. The summed E-state index contributed by atoms with van der Waals surface area (Å²) in [7, 11) is 1.26. The van der Waals surface area contributed by atoms with Gasteiger partial charge in [0.1, 0.15) is 5.75 Å². The maximum absolute atomic E-state index is 12.7. The van der Waals surface area contributed by atoms with Gasteiger partial charge in [0, 0.05) is 6.04 Å². The molecule has 0 heterocycles. The van der Waals surface area contributed by atoms with Crippen molar-refractivity contribution in [3.8, 4) is 5.75 Å². The molecule has 0 bridgehead atoms. The summed E-state index contributed by atoms with van der Waals surface area (Å²) in [6.45, 7) is 1.83. The summed E-state index contributed by atoms with van der Waals surface area (Å²) < 4.78 is 47.8. The van der Waals surface area contributed by atoms with Crippen LogP contribution in [0.5, 0.6) is 5.75 Å². The number of ether oxygens (including phenoxy) is 2. The molecule has 0 aliphatic rings. The van der Waals surface area contributed by atoms with Crippen LogP contribution in [-0.2, 0) is 15.7 Å². The van der Waals surface area contributed by atoms with Gasteiger partial charge in [0.2, 0.25) is 0 Å². The third-order valence-corrected chi connectivity index (χ3v) is 2.61. The molecule has 1 aromatic rings. The molecular weight excluding hydrogens is 275 g/mol. The van der Waals surface area contributed by atoms with Gasteiger partial charge in [0.05, 0.1) is 25.7 Å². The number of esters is 1. The van der Waals surface area contributed by atoms with Crippen molar-refractivity contribution in [1.29, 1.82) is 0 Å². The van der Waals surface area contributed by atoms with Gasteiger partial charge in [-0.25, -0.2) is 0 Å². The lowest BCUT2D eigenvalue weighted by atomic mass is 10.0. The second-order valence-corrected chi connectivity index (χ2v) is 4.11. The molecule has 0 aliphatic heterocycles. The first-order chi connectivity index (χ1) is 9.27. The fourth-order valence-corrected chi connectivity index (χ4v) is 1.64. The van der Waals surface area contributed by atoms with Crippen LogP contribution >= 0.6 is 0 Å². The third-order valence-electron chi connectivity index (χ3n) is 2.61. The third kappa shape index (κ3) is 4.41. The first kappa shape index (κ1) is 16.3. The molecule has 112 valence electrons. The van der Waals surface area contributed by atoms with E-state index in [0.717, 1.165) is 12.1 Å². The van der Waals surface area contributed by atoms with Crippen molar-refractivity contribution in [3.63, 3.8) is 0 Å². The lowest BCUT2D eigenvalue weighted by molar-refractivity contribution is -0.143. The molecule has 0 spiro atoms. The van der Waals surface area contributed by atoms with E-state index in [0.29, 0.717) is 0 Å². The Morgan fingerprint density at radius 3 is 2.50 bits per heavy atom. The van der Waals surface area contributed by atoms with Crippen molar-refractivity contribution < 1.29 is 27.4 Å². The number of rotatable bonds is 5. The Labute approximate surface area is 114 Å². The average Bonchev–Trinajstić information content (AvgIpc) is 2.37. The minimum absolute atomic E-state index is 0.0362. The Morgan fingerprint density at radius 1 is 1.35 bits per heavy atom. The van der Waals surface area contributed by atoms with E-state index in [4.69, 9.17) is 15.2 Å². The molecule has 0 radical (unpaired) electrons. The van der Waals surface area contributed by atoms with Gasteiger partial charge in [-0.1, -0.05) is 0 Å². The highest BCUT2D eigenvalue weighted by molar-refractivity contribution is 5.70. The Balaban J connectivity index is 3.02. The Morgan fingerprint density at radius 2 is 2.00 bits per heavy atom. The number of carbonyl (C=O) groups is 1.